The van der Waals surface area contributed by atoms with Crippen molar-refractivity contribution in [3.05, 3.63) is 65.0 Å². The van der Waals surface area contributed by atoms with Gasteiger partial charge in [0.15, 0.2) is 0 Å². The number of likely N-dealkylation sites (tertiary alicyclic amines) is 1. The molecule has 1 saturated heterocycles. The van der Waals surface area contributed by atoms with Crippen LogP contribution in [-0.4, -0.2) is 47.8 Å². The highest BCUT2D eigenvalue weighted by Gasteiger charge is 2.33. The van der Waals surface area contributed by atoms with Gasteiger partial charge in [-0.2, -0.15) is 0 Å². The Morgan fingerprint density at radius 1 is 1.14 bits per heavy atom. The van der Waals surface area contributed by atoms with Gasteiger partial charge in [0.2, 0.25) is 5.91 Å². The summed E-state index contributed by atoms with van der Waals surface area (Å²) in [5, 5.41) is 13.7. The fourth-order valence-electron chi connectivity index (χ4n) is 3.35. The molecule has 1 heterocycles. The van der Waals surface area contributed by atoms with E-state index in [-0.39, 0.29) is 24.9 Å². The zero-order valence-electron chi connectivity index (χ0n) is 17.1. The van der Waals surface area contributed by atoms with Gasteiger partial charge in [0.05, 0.1) is 6.54 Å². The number of piperidine rings is 1. The molecule has 1 aliphatic heterocycles. The molecule has 0 unspecified atom stereocenters. The van der Waals surface area contributed by atoms with Crippen LogP contribution in [0.4, 0.5) is 4.39 Å². The number of aryl methyl sites for hydroxylation is 2. The molecule has 1 amide bonds. The van der Waals surface area contributed by atoms with E-state index in [0.717, 1.165) is 16.9 Å². The number of benzene rings is 2. The number of nitrogens with zero attached hydrogens (tertiary/aromatic N) is 1. The standard InChI is InChI=1S/C23H29FN2O3/c1-17-3-8-21(13-18(17)2)29-16-23(28)9-11-26(12-10-23)15-22(27)25-14-19-4-6-20(24)7-5-19/h3-8,13,28H,9-12,14-16H2,1-2H3,(H,25,27). The Morgan fingerprint density at radius 3 is 2.48 bits per heavy atom. The third-order valence-corrected chi connectivity index (χ3v) is 5.54. The van der Waals surface area contributed by atoms with Crippen molar-refractivity contribution < 1.29 is 19.0 Å². The van der Waals surface area contributed by atoms with Crippen molar-refractivity contribution in [1.29, 1.82) is 0 Å². The van der Waals surface area contributed by atoms with E-state index in [1.54, 1.807) is 12.1 Å². The van der Waals surface area contributed by atoms with Crippen LogP contribution in [0.1, 0.15) is 29.5 Å². The Bertz CT molecular complexity index is 831. The third-order valence-electron chi connectivity index (χ3n) is 5.54. The molecule has 0 saturated carbocycles. The first-order valence-electron chi connectivity index (χ1n) is 9.99. The van der Waals surface area contributed by atoms with Crippen LogP contribution >= 0.6 is 0 Å². The summed E-state index contributed by atoms with van der Waals surface area (Å²) in [6, 6.07) is 12.0. The number of rotatable bonds is 7. The Labute approximate surface area is 171 Å². The van der Waals surface area contributed by atoms with Crippen LogP contribution < -0.4 is 10.1 Å². The highest BCUT2D eigenvalue weighted by molar-refractivity contribution is 5.78. The van der Waals surface area contributed by atoms with Gasteiger partial charge in [-0.05, 0) is 67.6 Å². The summed E-state index contributed by atoms with van der Waals surface area (Å²) in [5.41, 5.74) is 2.36. The number of aliphatic hydroxyl groups is 1. The van der Waals surface area contributed by atoms with Crippen LogP contribution in [0.3, 0.4) is 0 Å². The number of nitrogens with one attached hydrogen (secondary N) is 1. The smallest absolute Gasteiger partial charge is 0.234 e. The molecule has 2 aromatic carbocycles. The van der Waals surface area contributed by atoms with Gasteiger partial charge in [-0.15, -0.1) is 0 Å². The average molecular weight is 400 g/mol. The maximum absolute atomic E-state index is 12.9. The largest absolute Gasteiger partial charge is 0.491 e. The van der Waals surface area contributed by atoms with E-state index in [0.29, 0.717) is 32.5 Å². The Morgan fingerprint density at radius 2 is 1.83 bits per heavy atom. The molecule has 1 aliphatic rings. The molecule has 29 heavy (non-hydrogen) atoms. The summed E-state index contributed by atoms with van der Waals surface area (Å²) in [6.45, 7) is 6.28. The molecule has 0 spiro atoms. The molecule has 2 N–H and O–H groups in total. The van der Waals surface area contributed by atoms with Crippen molar-refractivity contribution >= 4 is 5.91 Å². The molecule has 5 nitrogen and oxygen atoms in total. The molecule has 0 atom stereocenters. The normalized spacial score (nSPS) is 16.4. The van der Waals surface area contributed by atoms with E-state index < -0.39 is 5.60 Å². The molecule has 3 rings (SSSR count). The molecule has 6 heteroatoms. The minimum atomic E-state index is -0.875. The Kier molecular flexibility index (Phi) is 6.87. The topological polar surface area (TPSA) is 61.8 Å². The quantitative estimate of drug-likeness (QED) is 0.750. The first-order chi connectivity index (χ1) is 13.8. The number of amides is 1. The lowest BCUT2D eigenvalue weighted by Crippen LogP contribution is -2.50. The first-order valence-corrected chi connectivity index (χ1v) is 9.99. The van der Waals surface area contributed by atoms with Crippen molar-refractivity contribution in [2.45, 2.75) is 38.8 Å². The number of hydrogen-bond donors (Lipinski definition) is 2. The molecule has 0 aliphatic carbocycles. The van der Waals surface area contributed by atoms with Gasteiger partial charge in [-0.25, -0.2) is 4.39 Å². The van der Waals surface area contributed by atoms with Crippen molar-refractivity contribution in [2.24, 2.45) is 0 Å². The van der Waals surface area contributed by atoms with Gasteiger partial charge in [0.25, 0.3) is 0 Å². The number of carbonyl (C=O) groups excluding carboxylic acids is 1. The fraction of sp³-hybridized carbons (Fsp3) is 0.435. The third kappa shape index (κ3) is 6.27. The van der Waals surface area contributed by atoms with Gasteiger partial charge in [-0.1, -0.05) is 18.2 Å². The van der Waals surface area contributed by atoms with Crippen LogP contribution in [0.5, 0.6) is 5.75 Å². The van der Waals surface area contributed by atoms with Crippen LogP contribution in [-0.2, 0) is 11.3 Å². The maximum Gasteiger partial charge on any atom is 0.234 e. The molecule has 0 aromatic heterocycles. The minimum Gasteiger partial charge on any atom is -0.491 e. The van der Waals surface area contributed by atoms with Crippen molar-refractivity contribution in [1.82, 2.24) is 10.2 Å². The summed E-state index contributed by atoms with van der Waals surface area (Å²) in [6.07, 6.45) is 1.12. The second-order valence-electron chi connectivity index (χ2n) is 7.94. The van der Waals surface area contributed by atoms with Gasteiger partial charge >= 0.3 is 0 Å². The predicted octanol–water partition coefficient (Wildman–Crippen LogP) is 2.96. The fourth-order valence-corrected chi connectivity index (χ4v) is 3.35. The van der Waals surface area contributed by atoms with Crippen LogP contribution in [0.25, 0.3) is 0 Å². The van der Waals surface area contributed by atoms with Gasteiger partial charge in [-0.3, -0.25) is 9.69 Å². The lowest BCUT2D eigenvalue weighted by molar-refractivity contribution is -0.124. The summed E-state index contributed by atoms with van der Waals surface area (Å²) >= 11 is 0. The molecular weight excluding hydrogens is 371 g/mol. The first kappa shape index (κ1) is 21.3. The maximum atomic E-state index is 12.9. The average Bonchev–Trinajstić information content (AvgIpc) is 2.70. The van der Waals surface area contributed by atoms with Crippen molar-refractivity contribution in [2.75, 3.05) is 26.2 Å². The number of carbonyl (C=O) groups is 1. The van der Waals surface area contributed by atoms with Gasteiger partial charge in [0.1, 0.15) is 23.8 Å². The van der Waals surface area contributed by atoms with E-state index in [4.69, 9.17) is 4.74 Å². The van der Waals surface area contributed by atoms with Gasteiger partial charge < -0.3 is 15.2 Å². The van der Waals surface area contributed by atoms with Crippen LogP contribution in [0.2, 0.25) is 0 Å². The molecule has 1 fully saturated rings. The Balaban J connectivity index is 1.40. The second-order valence-corrected chi connectivity index (χ2v) is 7.94. The van der Waals surface area contributed by atoms with Crippen molar-refractivity contribution in [3.63, 3.8) is 0 Å². The molecular formula is C23H29FN2O3. The molecule has 2 aromatic rings. The van der Waals surface area contributed by atoms with E-state index in [2.05, 4.69) is 12.2 Å². The monoisotopic (exact) mass is 400 g/mol. The highest BCUT2D eigenvalue weighted by atomic mass is 19.1. The van der Waals surface area contributed by atoms with E-state index >= 15 is 0 Å². The summed E-state index contributed by atoms with van der Waals surface area (Å²) < 4.78 is 18.7. The predicted molar refractivity (Wildman–Crippen MR) is 110 cm³/mol. The zero-order chi connectivity index (χ0) is 20.9. The zero-order valence-corrected chi connectivity index (χ0v) is 17.1. The van der Waals surface area contributed by atoms with E-state index in [1.165, 1.54) is 17.7 Å². The summed E-state index contributed by atoms with van der Waals surface area (Å²) in [5.74, 6) is 0.401. The SMILES string of the molecule is Cc1ccc(OCC2(O)CCN(CC(=O)NCc3ccc(F)cc3)CC2)cc1C. The molecule has 0 bridgehead atoms. The Hall–Kier alpha value is -2.44. The highest BCUT2D eigenvalue weighted by Crippen LogP contribution is 2.24. The molecule has 156 valence electrons. The second kappa shape index (κ2) is 9.37. The number of halogens is 1. The van der Waals surface area contributed by atoms with E-state index in [1.807, 2.05) is 30.0 Å². The van der Waals surface area contributed by atoms with Crippen LogP contribution in [0.15, 0.2) is 42.5 Å². The van der Waals surface area contributed by atoms with Crippen LogP contribution in [0, 0.1) is 19.7 Å². The number of ether oxygens (including phenoxy) is 1. The molecule has 0 radical (unpaired) electrons. The lowest BCUT2D eigenvalue weighted by atomic mass is 9.92. The lowest BCUT2D eigenvalue weighted by Gasteiger charge is -2.37. The van der Waals surface area contributed by atoms with E-state index in [9.17, 15) is 14.3 Å². The van der Waals surface area contributed by atoms with Crippen molar-refractivity contribution in [3.8, 4) is 5.75 Å². The summed E-state index contributed by atoms with van der Waals surface area (Å²) in [7, 11) is 0. The summed E-state index contributed by atoms with van der Waals surface area (Å²) in [4.78, 5) is 14.2. The van der Waals surface area contributed by atoms with Gasteiger partial charge in [0, 0.05) is 19.6 Å². The number of hydrogen-bond acceptors (Lipinski definition) is 4. The minimum absolute atomic E-state index is 0.0776.